The quantitative estimate of drug-likeness (QED) is 0.925. The van der Waals surface area contributed by atoms with E-state index in [4.69, 9.17) is 11.6 Å². The number of hydrogen-bond acceptors (Lipinski definition) is 4. The van der Waals surface area contributed by atoms with Crippen molar-refractivity contribution in [2.75, 3.05) is 5.32 Å². The molecule has 0 unspecified atom stereocenters. The molecule has 2 heterocycles. The fraction of sp³-hybridized carbons (Fsp3) is 0. The molecule has 0 saturated heterocycles. The van der Waals surface area contributed by atoms with Crippen LogP contribution in [0.2, 0.25) is 5.15 Å². The lowest BCUT2D eigenvalue weighted by Gasteiger charge is -2.04. The Hall–Kier alpha value is -1.53. The number of pyridine rings is 1. The fourth-order valence-corrected chi connectivity index (χ4v) is 1.71. The average Bonchev–Trinajstić information content (AvgIpc) is 2.29. The molecule has 0 aromatic carbocycles. The van der Waals surface area contributed by atoms with E-state index in [0.29, 0.717) is 4.47 Å². The summed E-state index contributed by atoms with van der Waals surface area (Å²) >= 11 is 8.90. The fourth-order valence-electron chi connectivity index (χ4n) is 1.13. The van der Waals surface area contributed by atoms with Crippen molar-refractivity contribution in [3.8, 4) is 0 Å². The van der Waals surface area contributed by atoms with Gasteiger partial charge in [-0.3, -0.25) is 9.78 Å². The van der Waals surface area contributed by atoms with Gasteiger partial charge < -0.3 is 5.32 Å². The summed E-state index contributed by atoms with van der Waals surface area (Å²) in [5, 5.41) is 2.76. The molecular formula is C10H6BrClN4O. The van der Waals surface area contributed by atoms with Crippen LogP contribution in [0.15, 0.2) is 35.2 Å². The van der Waals surface area contributed by atoms with Gasteiger partial charge in [0.25, 0.3) is 5.91 Å². The van der Waals surface area contributed by atoms with Gasteiger partial charge in [0, 0.05) is 10.7 Å². The standard InChI is InChI=1S/C10H6BrClN4O/c11-6-2-1-3-14-9(6)10(17)16-8-5-13-4-7(12)15-8/h1-5H,(H,15,16,17). The summed E-state index contributed by atoms with van der Waals surface area (Å²) in [5.41, 5.74) is 0.272. The molecule has 0 aliphatic rings. The Balaban J connectivity index is 2.20. The Morgan fingerprint density at radius 2 is 2.24 bits per heavy atom. The maximum absolute atomic E-state index is 11.8. The molecular weight excluding hydrogens is 307 g/mol. The molecule has 0 saturated carbocycles. The van der Waals surface area contributed by atoms with Crippen molar-refractivity contribution in [1.29, 1.82) is 0 Å². The van der Waals surface area contributed by atoms with Gasteiger partial charge in [-0.25, -0.2) is 9.97 Å². The van der Waals surface area contributed by atoms with Crippen molar-refractivity contribution < 1.29 is 4.79 Å². The molecule has 17 heavy (non-hydrogen) atoms. The van der Waals surface area contributed by atoms with Crippen LogP contribution in [0.4, 0.5) is 5.82 Å². The lowest BCUT2D eigenvalue weighted by molar-refractivity contribution is 0.102. The van der Waals surface area contributed by atoms with Crippen molar-refractivity contribution in [3.63, 3.8) is 0 Å². The van der Waals surface area contributed by atoms with E-state index in [-0.39, 0.29) is 22.6 Å². The van der Waals surface area contributed by atoms with E-state index < -0.39 is 0 Å². The summed E-state index contributed by atoms with van der Waals surface area (Å²) in [7, 11) is 0. The largest absolute Gasteiger partial charge is 0.304 e. The zero-order valence-electron chi connectivity index (χ0n) is 8.39. The first-order valence-corrected chi connectivity index (χ1v) is 5.73. The van der Waals surface area contributed by atoms with E-state index in [1.807, 2.05) is 0 Å². The van der Waals surface area contributed by atoms with Gasteiger partial charge in [-0.15, -0.1) is 0 Å². The minimum absolute atomic E-state index is 0.211. The van der Waals surface area contributed by atoms with Gasteiger partial charge in [0.15, 0.2) is 5.82 Å². The highest BCUT2D eigenvalue weighted by molar-refractivity contribution is 9.10. The summed E-state index contributed by atoms with van der Waals surface area (Å²) in [6.07, 6.45) is 4.32. The van der Waals surface area contributed by atoms with Crippen molar-refractivity contribution in [1.82, 2.24) is 15.0 Å². The lowest BCUT2D eigenvalue weighted by atomic mass is 10.3. The van der Waals surface area contributed by atoms with Gasteiger partial charge in [0.05, 0.1) is 12.4 Å². The smallest absolute Gasteiger partial charge is 0.276 e. The molecule has 1 N–H and O–H groups in total. The molecule has 0 fully saturated rings. The summed E-state index contributed by atoms with van der Waals surface area (Å²) in [6.45, 7) is 0. The number of hydrogen-bond donors (Lipinski definition) is 1. The van der Waals surface area contributed by atoms with E-state index >= 15 is 0 Å². The number of amides is 1. The third-order valence-corrected chi connectivity index (χ3v) is 2.64. The van der Waals surface area contributed by atoms with Gasteiger partial charge in [0.1, 0.15) is 10.8 Å². The van der Waals surface area contributed by atoms with Crippen molar-refractivity contribution in [3.05, 3.63) is 46.0 Å². The summed E-state index contributed by atoms with van der Waals surface area (Å²) in [6, 6.07) is 3.45. The Kier molecular flexibility index (Phi) is 3.65. The highest BCUT2D eigenvalue weighted by Crippen LogP contribution is 2.15. The molecule has 0 atom stereocenters. The van der Waals surface area contributed by atoms with Crippen LogP contribution in [0.25, 0.3) is 0 Å². The van der Waals surface area contributed by atoms with Gasteiger partial charge in [-0.2, -0.15) is 0 Å². The van der Waals surface area contributed by atoms with E-state index in [1.54, 1.807) is 12.1 Å². The van der Waals surface area contributed by atoms with Crippen LogP contribution in [0.1, 0.15) is 10.5 Å². The van der Waals surface area contributed by atoms with E-state index in [2.05, 4.69) is 36.2 Å². The third-order valence-electron chi connectivity index (χ3n) is 1.82. The van der Waals surface area contributed by atoms with Crippen molar-refractivity contribution in [2.45, 2.75) is 0 Å². The number of nitrogens with one attached hydrogen (secondary N) is 1. The summed E-state index contributed by atoms with van der Waals surface area (Å²) < 4.78 is 0.604. The Morgan fingerprint density at radius 1 is 1.41 bits per heavy atom. The van der Waals surface area contributed by atoms with Gasteiger partial charge in [0.2, 0.25) is 0 Å². The normalized spacial score (nSPS) is 10.0. The first kappa shape index (κ1) is 11.9. The number of nitrogens with zero attached hydrogens (tertiary/aromatic N) is 3. The first-order valence-electron chi connectivity index (χ1n) is 4.56. The SMILES string of the molecule is O=C(Nc1cncc(Cl)n1)c1ncccc1Br. The number of halogens is 2. The van der Waals surface area contributed by atoms with E-state index in [0.717, 1.165) is 0 Å². The van der Waals surface area contributed by atoms with Crippen molar-refractivity contribution in [2.24, 2.45) is 0 Å². The predicted molar refractivity (Wildman–Crippen MR) is 66.9 cm³/mol. The second-order valence-corrected chi connectivity index (χ2v) is 4.26. The molecule has 2 aromatic heterocycles. The second-order valence-electron chi connectivity index (χ2n) is 3.01. The summed E-state index contributed by atoms with van der Waals surface area (Å²) in [4.78, 5) is 23.5. The minimum Gasteiger partial charge on any atom is -0.304 e. The van der Waals surface area contributed by atoms with Crippen LogP contribution < -0.4 is 5.32 Å². The molecule has 0 aliphatic carbocycles. The number of carbonyl (C=O) groups excluding carboxylic acids is 1. The zero-order chi connectivity index (χ0) is 12.3. The van der Waals surface area contributed by atoms with E-state index in [9.17, 15) is 4.79 Å². The van der Waals surface area contributed by atoms with Crippen LogP contribution in [0.5, 0.6) is 0 Å². The first-order chi connectivity index (χ1) is 8.16. The molecule has 7 heteroatoms. The summed E-state index contributed by atoms with van der Waals surface area (Å²) in [5.74, 6) is -0.103. The lowest BCUT2D eigenvalue weighted by Crippen LogP contribution is -2.15. The minimum atomic E-state index is -0.381. The number of anilines is 1. The number of carbonyl (C=O) groups is 1. The van der Waals surface area contributed by atoms with Crippen LogP contribution >= 0.6 is 27.5 Å². The predicted octanol–water partition coefficient (Wildman–Crippen LogP) is 2.54. The molecule has 1 amide bonds. The van der Waals surface area contributed by atoms with Crippen LogP contribution in [0.3, 0.4) is 0 Å². The molecule has 0 spiro atoms. The molecule has 0 radical (unpaired) electrons. The molecule has 5 nitrogen and oxygen atoms in total. The maximum Gasteiger partial charge on any atom is 0.276 e. The van der Waals surface area contributed by atoms with E-state index in [1.165, 1.54) is 18.6 Å². The van der Waals surface area contributed by atoms with Crippen LogP contribution in [-0.4, -0.2) is 20.9 Å². The van der Waals surface area contributed by atoms with Crippen LogP contribution in [0, 0.1) is 0 Å². The third kappa shape index (κ3) is 2.98. The van der Waals surface area contributed by atoms with Gasteiger partial charge >= 0.3 is 0 Å². The maximum atomic E-state index is 11.8. The van der Waals surface area contributed by atoms with Crippen LogP contribution in [-0.2, 0) is 0 Å². The Labute approximate surface area is 110 Å². The molecule has 86 valence electrons. The topological polar surface area (TPSA) is 67.8 Å². The highest BCUT2D eigenvalue weighted by atomic mass is 79.9. The average molecular weight is 314 g/mol. The highest BCUT2D eigenvalue weighted by Gasteiger charge is 2.11. The molecule has 0 aliphatic heterocycles. The molecule has 0 bridgehead atoms. The Bertz CT molecular complexity index is 564. The zero-order valence-corrected chi connectivity index (χ0v) is 10.7. The van der Waals surface area contributed by atoms with Gasteiger partial charge in [-0.1, -0.05) is 11.6 Å². The van der Waals surface area contributed by atoms with Crippen molar-refractivity contribution >= 4 is 39.3 Å². The monoisotopic (exact) mass is 312 g/mol. The molecule has 2 aromatic rings. The second kappa shape index (κ2) is 5.20. The number of rotatable bonds is 2. The molecule has 2 rings (SSSR count). The number of aromatic nitrogens is 3. The van der Waals surface area contributed by atoms with Gasteiger partial charge in [-0.05, 0) is 28.1 Å². The Morgan fingerprint density at radius 3 is 2.94 bits per heavy atom.